The van der Waals surface area contributed by atoms with Gasteiger partial charge in [0.25, 0.3) is 5.91 Å². The van der Waals surface area contributed by atoms with Crippen molar-refractivity contribution in [3.05, 3.63) is 45.3 Å². The van der Waals surface area contributed by atoms with Crippen LogP contribution >= 0.6 is 11.6 Å². The summed E-state index contributed by atoms with van der Waals surface area (Å²) in [7, 11) is 0. The largest absolute Gasteiger partial charge is 0.361 e. The number of amides is 1. The Kier molecular flexibility index (Phi) is 4.68. The third kappa shape index (κ3) is 2.95. The predicted molar refractivity (Wildman–Crippen MR) is 84.1 cm³/mol. The second-order valence-electron chi connectivity index (χ2n) is 4.92. The highest BCUT2D eigenvalue weighted by Crippen LogP contribution is 2.30. The van der Waals surface area contributed by atoms with Crippen LogP contribution in [0.1, 0.15) is 46.8 Å². The highest BCUT2D eigenvalue weighted by molar-refractivity contribution is 6.32. The van der Waals surface area contributed by atoms with Crippen molar-refractivity contribution < 1.29 is 9.32 Å². The number of hydrogen-bond acceptors (Lipinski definition) is 3. The van der Waals surface area contributed by atoms with E-state index in [1.807, 2.05) is 26.0 Å². The molecule has 1 aromatic carbocycles. The fourth-order valence-corrected chi connectivity index (χ4v) is 2.74. The lowest BCUT2D eigenvalue weighted by Crippen LogP contribution is -2.16. The topological polar surface area (TPSA) is 55.1 Å². The first-order valence-corrected chi connectivity index (χ1v) is 7.41. The van der Waals surface area contributed by atoms with Crippen LogP contribution in [0.15, 0.2) is 16.7 Å². The number of hydrogen-bond donors (Lipinski definition) is 1. The molecule has 0 spiro atoms. The molecule has 0 saturated heterocycles. The Balaban J connectivity index is 2.44. The monoisotopic (exact) mass is 306 g/mol. The Labute approximate surface area is 129 Å². The summed E-state index contributed by atoms with van der Waals surface area (Å²) in [4.78, 5) is 12.5. The van der Waals surface area contributed by atoms with Gasteiger partial charge in [0.15, 0.2) is 0 Å². The van der Waals surface area contributed by atoms with Gasteiger partial charge >= 0.3 is 0 Å². The molecule has 0 radical (unpaired) electrons. The van der Waals surface area contributed by atoms with Crippen LogP contribution in [0, 0.1) is 13.8 Å². The molecule has 1 aromatic heterocycles. The highest BCUT2D eigenvalue weighted by Gasteiger charge is 2.20. The Bertz CT molecular complexity index is 658. The van der Waals surface area contributed by atoms with Gasteiger partial charge in [0.2, 0.25) is 0 Å². The van der Waals surface area contributed by atoms with Crippen LogP contribution in [-0.4, -0.2) is 11.1 Å². The van der Waals surface area contributed by atoms with E-state index < -0.39 is 0 Å². The molecule has 5 heteroatoms. The third-order valence-corrected chi connectivity index (χ3v) is 3.93. The third-order valence-electron chi connectivity index (χ3n) is 3.58. The van der Waals surface area contributed by atoms with Gasteiger partial charge in [-0.3, -0.25) is 4.79 Å². The van der Waals surface area contributed by atoms with E-state index in [1.54, 1.807) is 13.8 Å². The van der Waals surface area contributed by atoms with Gasteiger partial charge < -0.3 is 9.84 Å². The van der Waals surface area contributed by atoms with Gasteiger partial charge in [-0.25, -0.2) is 0 Å². The number of carbonyl (C=O) groups excluding carboxylic acids is 1. The van der Waals surface area contributed by atoms with Crippen molar-refractivity contribution in [1.82, 2.24) is 5.16 Å². The van der Waals surface area contributed by atoms with E-state index in [2.05, 4.69) is 10.5 Å². The summed E-state index contributed by atoms with van der Waals surface area (Å²) in [6.07, 6.45) is 1.57. The number of aryl methyl sites for hydroxylation is 3. The number of nitrogens with zero attached hydrogens (tertiary/aromatic N) is 1. The van der Waals surface area contributed by atoms with Gasteiger partial charge in [0, 0.05) is 10.7 Å². The molecular weight excluding hydrogens is 288 g/mol. The van der Waals surface area contributed by atoms with Gasteiger partial charge in [-0.2, -0.15) is 0 Å². The Hall–Kier alpha value is -1.81. The SMILES string of the molecule is CCc1ccc(Cl)c(CC)c1NC(=O)c1c(C)noc1C. The molecule has 0 unspecified atom stereocenters. The maximum Gasteiger partial charge on any atom is 0.261 e. The second-order valence-corrected chi connectivity index (χ2v) is 5.33. The molecule has 112 valence electrons. The first-order valence-electron chi connectivity index (χ1n) is 7.04. The quantitative estimate of drug-likeness (QED) is 0.915. The summed E-state index contributed by atoms with van der Waals surface area (Å²) in [5.74, 6) is 0.307. The van der Waals surface area contributed by atoms with Gasteiger partial charge in [0.1, 0.15) is 11.3 Å². The van der Waals surface area contributed by atoms with Crippen molar-refractivity contribution >= 4 is 23.2 Å². The number of carbonyl (C=O) groups is 1. The average Bonchev–Trinajstić information content (AvgIpc) is 2.78. The molecule has 2 rings (SSSR count). The van der Waals surface area contributed by atoms with Crippen LogP contribution in [0.3, 0.4) is 0 Å². The molecule has 0 aliphatic carbocycles. The summed E-state index contributed by atoms with van der Waals surface area (Å²) >= 11 is 6.25. The summed E-state index contributed by atoms with van der Waals surface area (Å²) in [6, 6.07) is 3.83. The minimum atomic E-state index is -0.210. The first-order chi connectivity index (χ1) is 9.99. The minimum absolute atomic E-state index is 0.210. The lowest BCUT2D eigenvalue weighted by Gasteiger charge is -2.15. The second kappa shape index (κ2) is 6.31. The van der Waals surface area contributed by atoms with Crippen LogP contribution in [-0.2, 0) is 12.8 Å². The lowest BCUT2D eigenvalue weighted by atomic mass is 10.0. The molecule has 1 N–H and O–H groups in total. The van der Waals surface area contributed by atoms with Crippen LogP contribution in [0.2, 0.25) is 5.02 Å². The van der Waals surface area contributed by atoms with Crippen molar-refractivity contribution in [2.24, 2.45) is 0 Å². The van der Waals surface area contributed by atoms with Crippen LogP contribution < -0.4 is 5.32 Å². The van der Waals surface area contributed by atoms with E-state index in [1.165, 1.54) is 0 Å². The average molecular weight is 307 g/mol. The molecule has 1 heterocycles. The summed E-state index contributed by atoms with van der Waals surface area (Å²) in [6.45, 7) is 7.56. The zero-order chi connectivity index (χ0) is 15.6. The molecule has 2 aromatic rings. The Morgan fingerprint density at radius 2 is 2.00 bits per heavy atom. The number of benzene rings is 1. The van der Waals surface area contributed by atoms with Crippen molar-refractivity contribution in [1.29, 1.82) is 0 Å². The van der Waals surface area contributed by atoms with Crippen molar-refractivity contribution in [3.8, 4) is 0 Å². The Morgan fingerprint density at radius 3 is 2.52 bits per heavy atom. The first kappa shape index (κ1) is 15.6. The van der Waals surface area contributed by atoms with E-state index in [-0.39, 0.29) is 5.91 Å². The molecule has 0 atom stereocenters. The highest BCUT2D eigenvalue weighted by atomic mass is 35.5. The lowest BCUT2D eigenvalue weighted by molar-refractivity contribution is 0.102. The minimum Gasteiger partial charge on any atom is -0.361 e. The summed E-state index contributed by atoms with van der Waals surface area (Å²) in [5.41, 5.74) is 3.90. The number of anilines is 1. The van der Waals surface area contributed by atoms with Crippen LogP contribution in [0.5, 0.6) is 0 Å². The maximum atomic E-state index is 12.5. The zero-order valence-electron chi connectivity index (χ0n) is 12.7. The van der Waals surface area contributed by atoms with E-state index >= 15 is 0 Å². The van der Waals surface area contributed by atoms with Gasteiger partial charge in [0.05, 0.1) is 5.69 Å². The fourth-order valence-electron chi connectivity index (χ4n) is 2.45. The molecule has 1 amide bonds. The number of nitrogens with one attached hydrogen (secondary N) is 1. The van der Waals surface area contributed by atoms with Gasteiger partial charge in [-0.05, 0) is 43.9 Å². The van der Waals surface area contributed by atoms with Crippen molar-refractivity contribution in [2.75, 3.05) is 5.32 Å². The molecule has 0 saturated carbocycles. The van der Waals surface area contributed by atoms with Gasteiger partial charge in [-0.1, -0.05) is 36.7 Å². The normalized spacial score (nSPS) is 10.7. The molecule has 4 nitrogen and oxygen atoms in total. The van der Waals surface area contributed by atoms with E-state index in [4.69, 9.17) is 16.1 Å². The van der Waals surface area contributed by atoms with E-state index in [9.17, 15) is 4.79 Å². The molecule has 21 heavy (non-hydrogen) atoms. The zero-order valence-corrected chi connectivity index (χ0v) is 13.5. The number of halogens is 1. The van der Waals surface area contributed by atoms with E-state index in [0.29, 0.717) is 22.0 Å². The molecular formula is C16H19ClN2O2. The van der Waals surface area contributed by atoms with E-state index in [0.717, 1.165) is 29.7 Å². The molecule has 0 aliphatic rings. The molecule has 0 fully saturated rings. The van der Waals surface area contributed by atoms with Gasteiger partial charge in [-0.15, -0.1) is 0 Å². The van der Waals surface area contributed by atoms with Crippen LogP contribution in [0.25, 0.3) is 0 Å². The van der Waals surface area contributed by atoms with Crippen LogP contribution in [0.4, 0.5) is 5.69 Å². The fraction of sp³-hybridized carbons (Fsp3) is 0.375. The number of aromatic nitrogens is 1. The standard InChI is InChI=1S/C16H19ClN2O2/c1-5-11-7-8-13(17)12(6-2)15(11)18-16(20)14-9(3)19-21-10(14)4/h7-8H,5-6H2,1-4H3,(H,18,20). The summed E-state index contributed by atoms with van der Waals surface area (Å²) in [5, 5.41) is 7.47. The smallest absolute Gasteiger partial charge is 0.261 e. The summed E-state index contributed by atoms with van der Waals surface area (Å²) < 4.78 is 5.05. The Morgan fingerprint density at radius 1 is 1.29 bits per heavy atom. The molecule has 0 bridgehead atoms. The predicted octanol–water partition coefficient (Wildman–Crippen LogP) is 4.32. The van der Waals surface area contributed by atoms with Crippen molar-refractivity contribution in [3.63, 3.8) is 0 Å². The number of rotatable bonds is 4. The van der Waals surface area contributed by atoms with Crippen molar-refractivity contribution in [2.45, 2.75) is 40.5 Å². The molecule has 0 aliphatic heterocycles. The maximum absolute atomic E-state index is 12.5.